The molecule has 0 heterocycles. The molecule has 0 aliphatic rings. The fourth-order valence-electron chi connectivity index (χ4n) is 1.99. The van der Waals surface area contributed by atoms with Crippen molar-refractivity contribution in [2.75, 3.05) is 14.2 Å². The molecule has 0 bridgehead atoms. The highest BCUT2D eigenvalue weighted by Crippen LogP contribution is 2.50. The van der Waals surface area contributed by atoms with Gasteiger partial charge in [0.1, 0.15) is 5.82 Å². The van der Waals surface area contributed by atoms with E-state index in [1.807, 2.05) is 0 Å². The number of methoxy groups -OCH3 is 2. The number of benzene rings is 2. The molecule has 0 amide bonds. The fourth-order valence-corrected chi connectivity index (χ4v) is 1.99. The van der Waals surface area contributed by atoms with Crippen LogP contribution in [0.4, 0.5) is 4.39 Å². The summed E-state index contributed by atoms with van der Waals surface area (Å²) >= 11 is 0. The van der Waals surface area contributed by atoms with Crippen LogP contribution >= 0.6 is 0 Å². The highest BCUT2D eigenvalue weighted by atomic mass is 19.1. The smallest absolute Gasteiger partial charge is 0.308 e. The third kappa shape index (κ3) is 2.20. The van der Waals surface area contributed by atoms with Crippen LogP contribution in [-0.4, -0.2) is 25.3 Å². The molecule has 0 spiro atoms. The van der Waals surface area contributed by atoms with Crippen molar-refractivity contribution in [2.45, 2.75) is 6.92 Å². The van der Waals surface area contributed by atoms with Crippen LogP contribution in [0.3, 0.4) is 0 Å². The number of esters is 1. The molecule has 106 valence electrons. The molecule has 2 aromatic rings. The Morgan fingerprint density at radius 2 is 1.75 bits per heavy atom. The van der Waals surface area contributed by atoms with Crippen LogP contribution in [0.5, 0.6) is 23.0 Å². The summed E-state index contributed by atoms with van der Waals surface area (Å²) in [6.07, 6.45) is 0. The minimum absolute atomic E-state index is 0.00384. The number of ether oxygens (including phenoxy) is 3. The van der Waals surface area contributed by atoms with Crippen LogP contribution < -0.4 is 14.2 Å². The molecule has 2 rings (SSSR count). The maximum Gasteiger partial charge on any atom is 0.308 e. The van der Waals surface area contributed by atoms with Crippen molar-refractivity contribution in [3.8, 4) is 23.0 Å². The van der Waals surface area contributed by atoms with Gasteiger partial charge in [-0.1, -0.05) is 0 Å². The number of aromatic hydroxyl groups is 1. The normalized spacial score (nSPS) is 10.4. The lowest BCUT2D eigenvalue weighted by Crippen LogP contribution is -2.05. The van der Waals surface area contributed by atoms with Gasteiger partial charge >= 0.3 is 5.97 Å². The molecule has 0 aliphatic carbocycles. The average molecular weight is 280 g/mol. The van der Waals surface area contributed by atoms with Crippen LogP contribution in [0.1, 0.15) is 6.92 Å². The molecule has 0 aromatic heterocycles. The van der Waals surface area contributed by atoms with Crippen molar-refractivity contribution in [1.29, 1.82) is 0 Å². The lowest BCUT2D eigenvalue weighted by atomic mass is 10.1. The first kappa shape index (κ1) is 13.9. The first-order chi connectivity index (χ1) is 9.49. The van der Waals surface area contributed by atoms with Gasteiger partial charge in [-0.05, 0) is 18.2 Å². The van der Waals surface area contributed by atoms with E-state index in [0.717, 1.165) is 6.07 Å². The summed E-state index contributed by atoms with van der Waals surface area (Å²) in [4.78, 5) is 11.2. The second-order valence-corrected chi connectivity index (χ2v) is 4.03. The Hall–Kier alpha value is -2.50. The molecule has 0 atom stereocenters. The fraction of sp³-hybridized carbons (Fsp3) is 0.214. The highest BCUT2D eigenvalue weighted by molar-refractivity contribution is 5.99. The molecule has 5 nitrogen and oxygen atoms in total. The number of halogens is 1. The summed E-state index contributed by atoms with van der Waals surface area (Å²) in [5, 5.41) is 10.7. The summed E-state index contributed by atoms with van der Waals surface area (Å²) in [6, 6.07) is 3.70. The molecule has 20 heavy (non-hydrogen) atoms. The zero-order valence-electron chi connectivity index (χ0n) is 11.2. The molecule has 0 aliphatic heterocycles. The summed E-state index contributed by atoms with van der Waals surface area (Å²) < 4.78 is 28.7. The Balaban J connectivity index is 2.91. The van der Waals surface area contributed by atoms with E-state index in [4.69, 9.17) is 14.2 Å². The Morgan fingerprint density at radius 3 is 2.30 bits per heavy atom. The molecular formula is C14H13FO5. The van der Waals surface area contributed by atoms with E-state index in [0.29, 0.717) is 5.39 Å². The second kappa shape index (κ2) is 5.24. The number of phenols is 1. The largest absolute Gasteiger partial charge is 0.504 e. The topological polar surface area (TPSA) is 65.0 Å². The predicted octanol–water partition coefficient (Wildman–Crippen LogP) is 2.63. The van der Waals surface area contributed by atoms with Crippen LogP contribution in [0.15, 0.2) is 18.2 Å². The van der Waals surface area contributed by atoms with Crippen molar-refractivity contribution in [1.82, 2.24) is 0 Å². The maximum atomic E-state index is 13.4. The lowest BCUT2D eigenvalue weighted by molar-refractivity contribution is -0.131. The van der Waals surface area contributed by atoms with Gasteiger partial charge in [-0.3, -0.25) is 4.79 Å². The second-order valence-electron chi connectivity index (χ2n) is 4.03. The minimum atomic E-state index is -0.596. The van der Waals surface area contributed by atoms with Gasteiger partial charge in [0.2, 0.25) is 11.5 Å². The predicted molar refractivity (Wildman–Crippen MR) is 70.0 cm³/mol. The number of carbonyl (C=O) groups is 1. The van der Waals surface area contributed by atoms with Crippen molar-refractivity contribution in [3.05, 3.63) is 24.0 Å². The number of carbonyl (C=O) groups excluding carboxylic acids is 1. The van der Waals surface area contributed by atoms with Crippen LogP contribution in [0.25, 0.3) is 10.8 Å². The first-order valence-electron chi connectivity index (χ1n) is 5.74. The number of fused-ring (bicyclic) bond motifs is 1. The van der Waals surface area contributed by atoms with Gasteiger partial charge in [0, 0.05) is 17.7 Å². The van der Waals surface area contributed by atoms with Crippen LogP contribution in [0.2, 0.25) is 0 Å². The van der Waals surface area contributed by atoms with E-state index >= 15 is 0 Å². The monoisotopic (exact) mass is 280 g/mol. The summed E-state index contributed by atoms with van der Waals surface area (Å²) in [5.41, 5.74) is 0. The third-order valence-corrected chi connectivity index (χ3v) is 2.76. The highest BCUT2D eigenvalue weighted by Gasteiger charge is 2.23. The van der Waals surface area contributed by atoms with E-state index in [1.54, 1.807) is 0 Å². The Kier molecular flexibility index (Phi) is 3.65. The summed E-state index contributed by atoms with van der Waals surface area (Å²) in [5.74, 6) is -1.29. The van der Waals surface area contributed by atoms with Gasteiger partial charge in [0.25, 0.3) is 0 Å². The minimum Gasteiger partial charge on any atom is -0.504 e. The van der Waals surface area contributed by atoms with Crippen LogP contribution in [-0.2, 0) is 4.79 Å². The quantitative estimate of drug-likeness (QED) is 0.691. The van der Waals surface area contributed by atoms with E-state index in [9.17, 15) is 14.3 Å². The van der Waals surface area contributed by atoms with E-state index in [-0.39, 0.29) is 28.4 Å². The molecule has 6 heteroatoms. The standard InChI is InChI=1S/C14H13FO5/c1-7(16)20-12-10-6-8(15)4-5-9(10)11(17)13(18-2)14(12)19-3/h4-6,17H,1-3H3. The van der Waals surface area contributed by atoms with E-state index in [1.165, 1.54) is 33.3 Å². The van der Waals surface area contributed by atoms with Crippen LogP contribution in [0, 0.1) is 5.82 Å². The molecular weight excluding hydrogens is 267 g/mol. The van der Waals surface area contributed by atoms with Crippen molar-refractivity contribution in [2.24, 2.45) is 0 Å². The SMILES string of the molecule is COc1c(OC)c(OC(C)=O)c2cc(F)ccc2c1O. The van der Waals surface area contributed by atoms with Gasteiger partial charge in [-0.15, -0.1) is 0 Å². The van der Waals surface area contributed by atoms with Gasteiger partial charge < -0.3 is 19.3 Å². The van der Waals surface area contributed by atoms with Crippen molar-refractivity contribution < 1.29 is 28.5 Å². The zero-order chi connectivity index (χ0) is 14.9. The average Bonchev–Trinajstić information content (AvgIpc) is 2.40. The lowest BCUT2D eigenvalue weighted by Gasteiger charge is -2.16. The van der Waals surface area contributed by atoms with Gasteiger partial charge in [0.05, 0.1) is 14.2 Å². The third-order valence-electron chi connectivity index (χ3n) is 2.76. The number of hydrogen-bond acceptors (Lipinski definition) is 5. The molecule has 0 saturated heterocycles. The molecule has 2 aromatic carbocycles. The van der Waals surface area contributed by atoms with Gasteiger partial charge in [0.15, 0.2) is 11.5 Å². The molecule has 0 saturated carbocycles. The Labute approximate surface area is 114 Å². The zero-order valence-corrected chi connectivity index (χ0v) is 11.2. The van der Waals surface area contributed by atoms with Crippen molar-refractivity contribution in [3.63, 3.8) is 0 Å². The molecule has 0 radical (unpaired) electrons. The van der Waals surface area contributed by atoms with Crippen molar-refractivity contribution >= 4 is 16.7 Å². The molecule has 0 unspecified atom stereocenters. The Morgan fingerprint density at radius 1 is 1.10 bits per heavy atom. The van der Waals surface area contributed by atoms with Gasteiger partial charge in [-0.2, -0.15) is 0 Å². The maximum absolute atomic E-state index is 13.4. The van der Waals surface area contributed by atoms with Gasteiger partial charge in [-0.25, -0.2) is 4.39 Å². The number of hydrogen-bond donors (Lipinski definition) is 1. The Bertz CT molecular complexity index is 681. The first-order valence-corrected chi connectivity index (χ1v) is 5.74. The molecule has 0 fully saturated rings. The van der Waals surface area contributed by atoms with E-state index < -0.39 is 11.8 Å². The number of rotatable bonds is 3. The summed E-state index contributed by atoms with van der Waals surface area (Å²) in [6.45, 7) is 1.21. The summed E-state index contributed by atoms with van der Waals surface area (Å²) in [7, 11) is 2.67. The van der Waals surface area contributed by atoms with E-state index in [2.05, 4.69) is 0 Å². The molecule has 1 N–H and O–H groups in total. The number of phenolic OH excluding ortho intramolecular Hbond substituents is 1.